The van der Waals surface area contributed by atoms with E-state index in [1.165, 1.54) is 23.4 Å². The van der Waals surface area contributed by atoms with Crippen LogP contribution in [0.25, 0.3) is 10.8 Å². The number of carbonyl (C=O) groups is 1. The number of hydrogen-bond donors (Lipinski definition) is 1. The molecule has 0 radical (unpaired) electrons. The molecule has 2 atom stereocenters. The lowest BCUT2D eigenvalue weighted by molar-refractivity contribution is 0.0600. The van der Waals surface area contributed by atoms with Gasteiger partial charge in [-0.25, -0.2) is 4.79 Å². The van der Waals surface area contributed by atoms with Gasteiger partial charge >= 0.3 is 5.97 Å². The number of hydrogen-bond acceptors (Lipinski definition) is 5. The topological polar surface area (TPSA) is 50.8 Å². The number of anilines is 2. The summed E-state index contributed by atoms with van der Waals surface area (Å²) in [6, 6.07) is 29.1. The summed E-state index contributed by atoms with van der Waals surface area (Å²) < 4.78 is 11.3. The highest BCUT2D eigenvalue weighted by molar-refractivity contribution is 5.92. The fourth-order valence-corrected chi connectivity index (χ4v) is 4.85. The van der Waals surface area contributed by atoms with Crippen molar-refractivity contribution in [2.45, 2.75) is 26.0 Å². The van der Waals surface area contributed by atoms with Crippen LogP contribution in [0.1, 0.15) is 34.5 Å². The van der Waals surface area contributed by atoms with Gasteiger partial charge in [-0.05, 0) is 66.1 Å². The van der Waals surface area contributed by atoms with Gasteiger partial charge in [-0.2, -0.15) is 0 Å². The molecule has 0 saturated carbocycles. The maximum atomic E-state index is 12.1. The zero-order valence-corrected chi connectivity index (χ0v) is 20.3. The molecule has 1 N–H and O–H groups in total. The molecular weight excluding hydrogens is 436 g/mol. The molecule has 178 valence electrons. The maximum Gasteiger partial charge on any atom is 0.338 e. The summed E-state index contributed by atoms with van der Waals surface area (Å²) in [6.45, 7) is 5.54. The molecule has 0 fully saturated rings. The molecule has 4 aromatic rings. The van der Waals surface area contributed by atoms with Crippen LogP contribution in [0.5, 0.6) is 5.75 Å². The van der Waals surface area contributed by atoms with Gasteiger partial charge in [0.2, 0.25) is 0 Å². The highest BCUT2D eigenvalue weighted by atomic mass is 16.5. The molecule has 0 aliphatic carbocycles. The SMILES string of the molecule is COC(=O)c1ccc(N2CC(CN[C@H](C)c3cccc4ccccc34)Oc3ccccc32)cc1C. The van der Waals surface area contributed by atoms with Gasteiger partial charge in [-0.1, -0.05) is 54.6 Å². The van der Waals surface area contributed by atoms with Crippen molar-refractivity contribution in [1.29, 1.82) is 0 Å². The minimum absolute atomic E-state index is 0.0390. The third kappa shape index (κ3) is 4.60. The monoisotopic (exact) mass is 466 g/mol. The smallest absolute Gasteiger partial charge is 0.338 e. The summed E-state index contributed by atoms with van der Waals surface area (Å²) in [7, 11) is 1.41. The second kappa shape index (κ2) is 9.80. The van der Waals surface area contributed by atoms with Gasteiger partial charge in [-0.3, -0.25) is 0 Å². The van der Waals surface area contributed by atoms with E-state index < -0.39 is 0 Å². The Morgan fingerprint density at radius 2 is 1.83 bits per heavy atom. The summed E-state index contributed by atoms with van der Waals surface area (Å²) in [5.74, 6) is 0.541. The van der Waals surface area contributed by atoms with Crippen LogP contribution in [0.15, 0.2) is 84.9 Å². The molecule has 35 heavy (non-hydrogen) atoms. The number of fused-ring (bicyclic) bond motifs is 2. The van der Waals surface area contributed by atoms with Crippen LogP contribution < -0.4 is 15.0 Å². The van der Waals surface area contributed by atoms with E-state index >= 15 is 0 Å². The summed E-state index contributed by atoms with van der Waals surface area (Å²) in [6.07, 6.45) is -0.0390. The zero-order valence-electron chi connectivity index (χ0n) is 20.3. The molecule has 1 heterocycles. The van der Waals surface area contributed by atoms with Crippen LogP contribution in [0, 0.1) is 6.92 Å². The van der Waals surface area contributed by atoms with E-state index in [1.807, 2.05) is 43.3 Å². The Morgan fingerprint density at radius 3 is 2.66 bits per heavy atom. The minimum atomic E-state index is -0.319. The molecule has 5 nitrogen and oxygen atoms in total. The van der Waals surface area contributed by atoms with E-state index in [9.17, 15) is 4.79 Å². The van der Waals surface area contributed by atoms with Gasteiger partial charge in [0.15, 0.2) is 0 Å². The molecule has 0 aromatic heterocycles. The first-order valence-electron chi connectivity index (χ1n) is 12.0. The fourth-order valence-electron chi connectivity index (χ4n) is 4.85. The second-order valence-corrected chi connectivity index (χ2v) is 9.01. The molecule has 0 spiro atoms. The number of benzene rings is 4. The Kier molecular flexibility index (Phi) is 6.43. The molecule has 0 amide bonds. The Balaban J connectivity index is 1.37. The number of esters is 1. The number of rotatable bonds is 6. The van der Waals surface area contributed by atoms with Crippen molar-refractivity contribution >= 4 is 28.1 Å². The van der Waals surface area contributed by atoms with Gasteiger partial charge in [0.1, 0.15) is 11.9 Å². The van der Waals surface area contributed by atoms with Crippen molar-refractivity contribution in [3.8, 4) is 5.75 Å². The molecule has 1 unspecified atom stereocenters. The Labute approximate surface area is 206 Å². The first kappa shape index (κ1) is 22.9. The molecule has 0 saturated heterocycles. The predicted octanol–water partition coefficient (Wildman–Crippen LogP) is 6.18. The Morgan fingerprint density at radius 1 is 1.06 bits per heavy atom. The Bertz CT molecular complexity index is 1360. The van der Waals surface area contributed by atoms with E-state index in [-0.39, 0.29) is 18.1 Å². The lowest BCUT2D eigenvalue weighted by Crippen LogP contribution is -2.44. The summed E-state index contributed by atoms with van der Waals surface area (Å²) in [5.41, 5.74) is 4.80. The molecule has 5 heteroatoms. The highest BCUT2D eigenvalue weighted by Gasteiger charge is 2.27. The van der Waals surface area contributed by atoms with E-state index in [1.54, 1.807) is 0 Å². The molecule has 4 aromatic carbocycles. The van der Waals surface area contributed by atoms with Crippen LogP contribution in [0.2, 0.25) is 0 Å². The maximum absolute atomic E-state index is 12.1. The van der Waals surface area contributed by atoms with Crippen LogP contribution >= 0.6 is 0 Å². The first-order valence-corrected chi connectivity index (χ1v) is 12.0. The van der Waals surface area contributed by atoms with Gasteiger partial charge in [0.05, 0.1) is 24.9 Å². The van der Waals surface area contributed by atoms with Gasteiger partial charge in [-0.15, -0.1) is 0 Å². The number of ether oxygens (including phenoxy) is 2. The second-order valence-electron chi connectivity index (χ2n) is 9.01. The van der Waals surface area contributed by atoms with Crippen molar-refractivity contribution < 1.29 is 14.3 Å². The summed E-state index contributed by atoms with van der Waals surface area (Å²) >= 11 is 0. The number of carbonyl (C=O) groups excluding carboxylic acids is 1. The normalized spacial score (nSPS) is 15.9. The standard InChI is InChI=1S/C30H30N2O3/c1-20-17-23(15-16-25(20)30(33)34-3)32-19-24(35-29-14-7-6-13-28(29)32)18-31-21(2)26-12-8-10-22-9-4-5-11-27(22)26/h4-17,21,24,31H,18-19H2,1-3H3/t21-,24?/m1/s1. The quantitative estimate of drug-likeness (QED) is 0.344. The van der Waals surface area contributed by atoms with Crippen LogP contribution in [-0.4, -0.2) is 32.3 Å². The molecule has 1 aliphatic rings. The summed E-state index contributed by atoms with van der Waals surface area (Å²) in [5, 5.41) is 6.21. The van der Waals surface area contributed by atoms with E-state index in [0.717, 1.165) is 22.7 Å². The average molecular weight is 467 g/mol. The fraction of sp³-hybridized carbons (Fsp3) is 0.233. The minimum Gasteiger partial charge on any atom is -0.485 e. The highest BCUT2D eigenvalue weighted by Crippen LogP contribution is 2.38. The van der Waals surface area contributed by atoms with Crippen molar-refractivity contribution in [2.24, 2.45) is 0 Å². The Hall–Kier alpha value is -3.83. The molecule has 0 bridgehead atoms. The number of nitrogens with zero attached hydrogens (tertiary/aromatic N) is 1. The molecule has 5 rings (SSSR count). The van der Waals surface area contributed by atoms with Crippen molar-refractivity contribution in [2.75, 3.05) is 25.1 Å². The first-order chi connectivity index (χ1) is 17.0. The number of nitrogens with one attached hydrogen (secondary N) is 1. The van der Waals surface area contributed by atoms with E-state index in [4.69, 9.17) is 9.47 Å². The van der Waals surface area contributed by atoms with Crippen LogP contribution in [-0.2, 0) is 4.74 Å². The number of para-hydroxylation sites is 2. The van der Waals surface area contributed by atoms with Crippen LogP contribution in [0.3, 0.4) is 0 Å². The van der Waals surface area contributed by atoms with Crippen molar-refractivity contribution in [1.82, 2.24) is 5.32 Å². The lowest BCUT2D eigenvalue weighted by Gasteiger charge is -2.37. The summed E-state index contributed by atoms with van der Waals surface area (Å²) in [4.78, 5) is 14.3. The third-order valence-corrected chi connectivity index (χ3v) is 6.70. The van der Waals surface area contributed by atoms with Crippen molar-refractivity contribution in [3.05, 3.63) is 102 Å². The number of aryl methyl sites for hydroxylation is 1. The number of methoxy groups -OCH3 is 1. The lowest BCUT2D eigenvalue weighted by atomic mass is 9.99. The average Bonchev–Trinajstić information content (AvgIpc) is 2.90. The van der Waals surface area contributed by atoms with Crippen LogP contribution in [0.4, 0.5) is 11.4 Å². The van der Waals surface area contributed by atoms with E-state index in [0.29, 0.717) is 18.7 Å². The van der Waals surface area contributed by atoms with Gasteiger partial charge in [0, 0.05) is 18.3 Å². The molecular formula is C30H30N2O3. The van der Waals surface area contributed by atoms with Crippen molar-refractivity contribution in [3.63, 3.8) is 0 Å². The van der Waals surface area contributed by atoms with E-state index in [2.05, 4.69) is 65.7 Å². The van der Waals surface area contributed by atoms with Gasteiger partial charge in [0.25, 0.3) is 0 Å². The third-order valence-electron chi connectivity index (χ3n) is 6.70. The zero-order chi connectivity index (χ0) is 24.4. The largest absolute Gasteiger partial charge is 0.485 e. The molecule has 1 aliphatic heterocycles. The predicted molar refractivity (Wildman–Crippen MR) is 141 cm³/mol. The van der Waals surface area contributed by atoms with Gasteiger partial charge < -0.3 is 19.7 Å².